The highest BCUT2D eigenvalue weighted by Crippen LogP contribution is 2.30. The molecule has 0 unspecified atom stereocenters. The van der Waals surface area contributed by atoms with Crippen molar-refractivity contribution in [2.24, 2.45) is 0 Å². The van der Waals surface area contributed by atoms with Crippen molar-refractivity contribution in [3.05, 3.63) is 45.3 Å². The topological polar surface area (TPSA) is 64.6 Å². The van der Waals surface area contributed by atoms with E-state index in [4.69, 9.17) is 9.47 Å². The molecule has 26 heavy (non-hydrogen) atoms. The van der Waals surface area contributed by atoms with Gasteiger partial charge in [-0.3, -0.25) is 4.79 Å². The number of ether oxygens (including phenoxy) is 2. The Morgan fingerprint density at radius 3 is 2.46 bits per heavy atom. The fourth-order valence-corrected chi connectivity index (χ4v) is 3.52. The Bertz CT molecular complexity index is 810. The van der Waals surface area contributed by atoms with E-state index in [-0.39, 0.29) is 12.5 Å². The van der Waals surface area contributed by atoms with E-state index in [1.54, 1.807) is 13.0 Å². The van der Waals surface area contributed by atoms with Crippen LogP contribution in [0.3, 0.4) is 0 Å². The van der Waals surface area contributed by atoms with Gasteiger partial charge in [0.15, 0.2) is 6.61 Å². The highest BCUT2D eigenvalue weighted by Gasteiger charge is 2.19. The molecule has 0 spiro atoms. The van der Waals surface area contributed by atoms with Gasteiger partial charge in [0.25, 0.3) is 5.91 Å². The largest absolute Gasteiger partial charge is 0.483 e. The van der Waals surface area contributed by atoms with E-state index in [9.17, 15) is 9.59 Å². The molecule has 2 aromatic rings. The van der Waals surface area contributed by atoms with Gasteiger partial charge in [-0.2, -0.15) is 0 Å². The van der Waals surface area contributed by atoms with E-state index < -0.39 is 5.97 Å². The molecule has 1 N–H and O–H groups in total. The van der Waals surface area contributed by atoms with Gasteiger partial charge in [-0.25, -0.2) is 4.79 Å². The van der Waals surface area contributed by atoms with Gasteiger partial charge in [0, 0.05) is 4.88 Å². The van der Waals surface area contributed by atoms with Crippen LogP contribution in [-0.2, 0) is 16.0 Å². The van der Waals surface area contributed by atoms with Gasteiger partial charge in [-0.1, -0.05) is 19.1 Å². The van der Waals surface area contributed by atoms with Gasteiger partial charge in [-0.15, -0.1) is 11.3 Å². The summed E-state index contributed by atoms with van der Waals surface area (Å²) < 4.78 is 10.8. The molecule has 0 saturated carbocycles. The van der Waals surface area contributed by atoms with Crippen LogP contribution in [0.1, 0.15) is 45.8 Å². The molecule has 1 heterocycles. The summed E-state index contributed by atoms with van der Waals surface area (Å²) in [5.74, 6) is -0.00316. The Labute approximate surface area is 158 Å². The Morgan fingerprint density at radius 1 is 1.12 bits per heavy atom. The van der Waals surface area contributed by atoms with Crippen LogP contribution in [0.4, 0.5) is 5.00 Å². The van der Waals surface area contributed by atoms with Crippen molar-refractivity contribution in [2.45, 2.75) is 41.0 Å². The van der Waals surface area contributed by atoms with Gasteiger partial charge in [0.05, 0.1) is 12.2 Å². The maximum absolute atomic E-state index is 12.3. The number of nitrogens with one attached hydrogen (secondary N) is 1. The quantitative estimate of drug-likeness (QED) is 0.727. The average molecular weight is 375 g/mol. The molecule has 140 valence electrons. The van der Waals surface area contributed by atoms with E-state index in [0.29, 0.717) is 17.2 Å². The number of benzene rings is 1. The number of amides is 1. The van der Waals surface area contributed by atoms with E-state index in [0.717, 1.165) is 33.7 Å². The maximum atomic E-state index is 12.3. The van der Waals surface area contributed by atoms with Crippen LogP contribution in [0.5, 0.6) is 5.75 Å². The number of carbonyl (C=O) groups excluding carboxylic acids is 2. The number of hydrogen-bond donors (Lipinski definition) is 1. The molecule has 2 rings (SSSR count). The third-order valence-electron chi connectivity index (χ3n) is 4.10. The lowest BCUT2D eigenvalue weighted by molar-refractivity contribution is -0.118. The van der Waals surface area contributed by atoms with Crippen molar-refractivity contribution in [3.63, 3.8) is 0 Å². The summed E-state index contributed by atoms with van der Waals surface area (Å²) in [6.45, 7) is 9.85. The van der Waals surface area contributed by atoms with Crippen molar-refractivity contribution in [2.75, 3.05) is 18.5 Å². The summed E-state index contributed by atoms with van der Waals surface area (Å²) in [7, 11) is 0. The minimum atomic E-state index is -0.426. The maximum Gasteiger partial charge on any atom is 0.341 e. The van der Waals surface area contributed by atoms with E-state index in [1.807, 2.05) is 39.8 Å². The predicted molar refractivity (Wildman–Crippen MR) is 104 cm³/mol. The number of aryl methyl sites for hydroxylation is 3. The zero-order valence-corrected chi connectivity index (χ0v) is 16.7. The molecule has 0 aliphatic carbocycles. The number of esters is 1. The van der Waals surface area contributed by atoms with Gasteiger partial charge >= 0.3 is 5.97 Å². The predicted octanol–water partition coefficient (Wildman–Crippen LogP) is 4.43. The minimum Gasteiger partial charge on any atom is -0.483 e. The molecule has 5 nitrogen and oxygen atoms in total. The molecule has 0 fully saturated rings. The molecule has 0 bridgehead atoms. The lowest BCUT2D eigenvalue weighted by atomic mass is 10.1. The Morgan fingerprint density at radius 2 is 1.81 bits per heavy atom. The van der Waals surface area contributed by atoms with E-state index >= 15 is 0 Å². The molecule has 1 amide bonds. The van der Waals surface area contributed by atoms with Crippen LogP contribution in [0.25, 0.3) is 0 Å². The molecule has 0 saturated heterocycles. The summed E-state index contributed by atoms with van der Waals surface area (Å²) in [4.78, 5) is 25.4. The lowest BCUT2D eigenvalue weighted by Crippen LogP contribution is -2.21. The number of hydrogen-bond acceptors (Lipinski definition) is 5. The Kier molecular flexibility index (Phi) is 6.80. The second-order valence-corrected chi connectivity index (χ2v) is 7.16. The zero-order valence-electron chi connectivity index (χ0n) is 15.9. The van der Waals surface area contributed by atoms with Gasteiger partial charge in [0.2, 0.25) is 0 Å². The average Bonchev–Trinajstić information content (AvgIpc) is 3.01. The molecule has 1 aromatic heterocycles. The number of thiophene rings is 1. The minimum absolute atomic E-state index is 0.118. The van der Waals surface area contributed by atoms with Crippen molar-refractivity contribution in [1.29, 1.82) is 0 Å². The first-order valence-corrected chi connectivity index (χ1v) is 9.48. The monoisotopic (exact) mass is 375 g/mol. The SMILES string of the molecule is CCOC(=O)c1cc(CC)sc1NC(=O)COc1c(C)ccc(C)c1C. The fourth-order valence-electron chi connectivity index (χ4n) is 2.52. The summed E-state index contributed by atoms with van der Waals surface area (Å²) in [6.07, 6.45) is 0.783. The van der Waals surface area contributed by atoms with Crippen LogP contribution in [0, 0.1) is 20.8 Å². The first-order chi connectivity index (χ1) is 12.4. The van der Waals surface area contributed by atoms with Gasteiger partial charge in [0.1, 0.15) is 10.8 Å². The van der Waals surface area contributed by atoms with Crippen molar-refractivity contribution < 1.29 is 19.1 Å². The zero-order chi connectivity index (χ0) is 19.3. The normalized spacial score (nSPS) is 10.5. The standard InChI is InChI=1S/C20H25NO4S/c1-6-15-10-16(20(23)24-7-2)19(26-15)21-17(22)11-25-18-13(4)9-8-12(3)14(18)5/h8-10H,6-7,11H2,1-5H3,(H,21,22). The molecule has 0 aliphatic rings. The molecule has 6 heteroatoms. The van der Waals surface area contributed by atoms with E-state index in [1.165, 1.54) is 11.3 Å². The van der Waals surface area contributed by atoms with Crippen LogP contribution in [0.15, 0.2) is 18.2 Å². The smallest absolute Gasteiger partial charge is 0.341 e. The van der Waals surface area contributed by atoms with Crippen LogP contribution >= 0.6 is 11.3 Å². The molecule has 0 aliphatic heterocycles. The summed E-state index contributed by atoms with van der Waals surface area (Å²) in [5.41, 5.74) is 3.51. The number of rotatable bonds is 7. The van der Waals surface area contributed by atoms with Crippen molar-refractivity contribution in [3.8, 4) is 5.75 Å². The van der Waals surface area contributed by atoms with Crippen molar-refractivity contribution in [1.82, 2.24) is 0 Å². The summed E-state index contributed by atoms with van der Waals surface area (Å²) in [5, 5.41) is 3.29. The number of anilines is 1. The second-order valence-electron chi connectivity index (χ2n) is 6.02. The summed E-state index contributed by atoms with van der Waals surface area (Å²) in [6, 6.07) is 5.77. The highest BCUT2D eigenvalue weighted by molar-refractivity contribution is 7.16. The van der Waals surface area contributed by atoms with Crippen molar-refractivity contribution >= 4 is 28.2 Å². The molecular weight excluding hydrogens is 350 g/mol. The Balaban J connectivity index is 2.10. The van der Waals surface area contributed by atoms with Crippen LogP contribution < -0.4 is 10.1 Å². The van der Waals surface area contributed by atoms with E-state index in [2.05, 4.69) is 5.32 Å². The first kappa shape index (κ1) is 20.0. The third kappa shape index (κ3) is 4.64. The first-order valence-electron chi connectivity index (χ1n) is 8.66. The molecule has 1 aromatic carbocycles. The lowest BCUT2D eigenvalue weighted by Gasteiger charge is -2.14. The summed E-state index contributed by atoms with van der Waals surface area (Å²) >= 11 is 1.38. The molecular formula is C20H25NO4S. The van der Waals surface area contributed by atoms with Crippen LogP contribution in [-0.4, -0.2) is 25.1 Å². The fraction of sp³-hybridized carbons (Fsp3) is 0.400. The molecule has 0 atom stereocenters. The third-order valence-corrected chi connectivity index (χ3v) is 5.30. The van der Waals surface area contributed by atoms with Crippen LogP contribution in [0.2, 0.25) is 0 Å². The number of carbonyl (C=O) groups is 2. The highest BCUT2D eigenvalue weighted by atomic mass is 32.1. The molecule has 0 radical (unpaired) electrons. The second kappa shape index (κ2) is 8.85. The van der Waals surface area contributed by atoms with Gasteiger partial charge in [-0.05, 0) is 56.9 Å². The van der Waals surface area contributed by atoms with Gasteiger partial charge < -0.3 is 14.8 Å². The Hall–Kier alpha value is -2.34.